The van der Waals surface area contributed by atoms with Gasteiger partial charge in [0.25, 0.3) is 0 Å². The Hall–Kier alpha value is -0.730. The Morgan fingerprint density at radius 2 is 1.58 bits per heavy atom. The minimum absolute atomic E-state index is 0.142. The first-order valence-electron chi connectivity index (χ1n) is 9.36. The van der Waals surface area contributed by atoms with Gasteiger partial charge in [0.05, 0.1) is 25.3 Å². The predicted octanol–water partition coefficient (Wildman–Crippen LogP) is -1.34. The van der Waals surface area contributed by atoms with Gasteiger partial charge in [-0.2, -0.15) is 0 Å². The number of likely N-dealkylation sites (tertiary alicyclic amines) is 2. The van der Waals surface area contributed by atoms with Crippen LogP contribution in [-0.2, 0) is 4.79 Å². The molecule has 0 bridgehead atoms. The Morgan fingerprint density at radius 3 is 2.25 bits per heavy atom. The van der Waals surface area contributed by atoms with Crippen LogP contribution in [0.3, 0.4) is 0 Å². The molecule has 0 saturated carbocycles. The van der Waals surface area contributed by atoms with E-state index in [1.807, 2.05) is 4.90 Å². The zero-order valence-electron chi connectivity index (χ0n) is 14.7. The van der Waals surface area contributed by atoms with Gasteiger partial charge in [0.15, 0.2) is 0 Å². The third-order valence-electron chi connectivity index (χ3n) is 5.64. The summed E-state index contributed by atoms with van der Waals surface area (Å²) >= 11 is 0. The van der Waals surface area contributed by atoms with Crippen LogP contribution < -0.4 is 0 Å². The lowest BCUT2D eigenvalue weighted by Gasteiger charge is -2.34. The molecule has 0 spiro atoms. The van der Waals surface area contributed by atoms with Crippen molar-refractivity contribution in [2.45, 2.75) is 24.9 Å². The number of rotatable bonds is 6. The third kappa shape index (κ3) is 4.67. The van der Waals surface area contributed by atoms with Crippen molar-refractivity contribution in [2.24, 2.45) is 0 Å². The van der Waals surface area contributed by atoms with Gasteiger partial charge in [0, 0.05) is 45.8 Å². The number of β-amino-alcohol motifs (C(OH)–C–C–N with tert-alkyl or cyclic N) is 2. The van der Waals surface area contributed by atoms with Gasteiger partial charge in [0.2, 0.25) is 5.91 Å². The topological polar surface area (TPSA) is 70.5 Å². The molecule has 3 saturated heterocycles. The SMILES string of the molecule is O=C(CN1CCN(CCO)CC1)N1CC[C@@](O)(CN2CCCC2)C1. The molecule has 1 atom stereocenters. The Morgan fingerprint density at radius 1 is 0.917 bits per heavy atom. The molecule has 0 radical (unpaired) electrons. The van der Waals surface area contributed by atoms with Crippen LogP contribution in [0.4, 0.5) is 0 Å². The van der Waals surface area contributed by atoms with Crippen molar-refractivity contribution in [2.75, 3.05) is 78.6 Å². The van der Waals surface area contributed by atoms with Crippen LogP contribution in [0.25, 0.3) is 0 Å². The average Bonchev–Trinajstić information content (AvgIpc) is 3.20. The van der Waals surface area contributed by atoms with E-state index in [4.69, 9.17) is 5.11 Å². The molecule has 0 unspecified atom stereocenters. The van der Waals surface area contributed by atoms with Crippen LogP contribution in [0, 0.1) is 0 Å². The zero-order chi connectivity index (χ0) is 17.0. The number of carbonyl (C=O) groups is 1. The molecule has 3 aliphatic heterocycles. The van der Waals surface area contributed by atoms with Crippen LogP contribution in [-0.4, -0.2) is 120 Å². The van der Waals surface area contributed by atoms with E-state index in [1.165, 1.54) is 12.8 Å². The average molecular weight is 340 g/mol. The molecule has 0 aromatic heterocycles. The zero-order valence-corrected chi connectivity index (χ0v) is 14.7. The first-order chi connectivity index (χ1) is 11.6. The monoisotopic (exact) mass is 340 g/mol. The fourth-order valence-electron chi connectivity index (χ4n) is 4.16. The number of hydrogen-bond acceptors (Lipinski definition) is 6. The van der Waals surface area contributed by atoms with Crippen LogP contribution in [0.15, 0.2) is 0 Å². The Balaban J connectivity index is 1.41. The molecule has 0 aromatic rings. The summed E-state index contributed by atoms with van der Waals surface area (Å²) in [7, 11) is 0. The van der Waals surface area contributed by atoms with E-state index in [0.717, 1.165) is 45.8 Å². The first kappa shape index (κ1) is 18.1. The third-order valence-corrected chi connectivity index (χ3v) is 5.64. The Bertz CT molecular complexity index is 422. The number of nitrogens with zero attached hydrogens (tertiary/aromatic N) is 4. The van der Waals surface area contributed by atoms with Crippen LogP contribution in [0.1, 0.15) is 19.3 Å². The molecule has 1 amide bonds. The van der Waals surface area contributed by atoms with Gasteiger partial charge in [-0.25, -0.2) is 0 Å². The second kappa shape index (κ2) is 8.10. The molecule has 3 rings (SSSR count). The smallest absolute Gasteiger partial charge is 0.236 e. The molecule has 24 heavy (non-hydrogen) atoms. The fraction of sp³-hybridized carbons (Fsp3) is 0.941. The van der Waals surface area contributed by atoms with Gasteiger partial charge >= 0.3 is 0 Å². The Kier molecular flexibility index (Phi) is 6.10. The van der Waals surface area contributed by atoms with Crippen molar-refractivity contribution in [1.82, 2.24) is 19.6 Å². The number of carbonyl (C=O) groups excluding carboxylic acids is 1. The van der Waals surface area contributed by atoms with Crippen molar-refractivity contribution >= 4 is 5.91 Å². The summed E-state index contributed by atoms with van der Waals surface area (Å²) in [6.07, 6.45) is 3.14. The van der Waals surface area contributed by atoms with Gasteiger partial charge in [0.1, 0.15) is 0 Å². The minimum Gasteiger partial charge on any atom is -0.395 e. The number of piperazine rings is 1. The van der Waals surface area contributed by atoms with E-state index in [0.29, 0.717) is 32.6 Å². The number of aliphatic hydroxyl groups excluding tert-OH is 1. The molecular formula is C17H32N4O3. The van der Waals surface area contributed by atoms with E-state index in [2.05, 4.69) is 14.7 Å². The maximum absolute atomic E-state index is 12.6. The normalized spacial score (nSPS) is 30.3. The van der Waals surface area contributed by atoms with Crippen molar-refractivity contribution in [3.8, 4) is 0 Å². The van der Waals surface area contributed by atoms with Crippen LogP contribution in [0.5, 0.6) is 0 Å². The highest BCUT2D eigenvalue weighted by Crippen LogP contribution is 2.24. The highest BCUT2D eigenvalue weighted by atomic mass is 16.3. The standard InChI is InChI=1S/C17H32N4O3/c22-12-11-18-7-9-19(10-8-18)13-16(23)21-6-3-17(24,15-21)14-20-4-1-2-5-20/h22,24H,1-15H2/t17-/m1/s1. The maximum atomic E-state index is 12.6. The number of aliphatic hydroxyl groups is 2. The minimum atomic E-state index is -0.722. The van der Waals surface area contributed by atoms with E-state index in [9.17, 15) is 9.90 Å². The lowest BCUT2D eigenvalue weighted by atomic mass is 10.0. The van der Waals surface area contributed by atoms with Gasteiger partial charge in [-0.1, -0.05) is 0 Å². The van der Waals surface area contributed by atoms with Crippen molar-refractivity contribution < 1.29 is 15.0 Å². The van der Waals surface area contributed by atoms with Crippen LogP contribution >= 0.6 is 0 Å². The number of hydrogen-bond donors (Lipinski definition) is 2. The summed E-state index contributed by atoms with van der Waals surface area (Å²) in [6, 6.07) is 0. The summed E-state index contributed by atoms with van der Waals surface area (Å²) in [5.74, 6) is 0.142. The summed E-state index contributed by atoms with van der Waals surface area (Å²) in [5, 5.41) is 19.8. The molecule has 7 nitrogen and oxygen atoms in total. The highest BCUT2D eigenvalue weighted by molar-refractivity contribution is 5.78. The summed E-state index contributed by atoms with van der Waals surface area (Å²) < 4.78 is 0. The van der Waals surface area contributed by atoms with Crippen LogP contribution in [0.2, 0.25) is 0 Å². The van der Waals surface area contributed by atoms with Gasteiger partial charge in [-0.3, -0.25) is 14.6 Å². The first-order valence-corrected chi connectivity index (χ1v) is 9.36. The van der Waals surface area contributed by atoms with Gasteiger partial charge in [-0.15, -0.1) is 0 Å². The molecular weight excluding hydrogens is 308 g/mol. The predicted molar refractivity (Wildman–Crippen MR) is 91.8 cm³/mol. The van der Waals surface area contributed by atoms with Crippen molar-refractivity contribution in [1.29, 1.82) is 0 Å². The molecule has 0 aromatic carbocycles. The van der Waals surface area contributed by atoms with Gasteiger partial charge in [-0.05, 0) is 32.4 Å². The second-order valence-electron chi connectivity index (χ2n) is 7.61. The molecule has 3 heterocycles. The lowest BCUT2D eigenvalue weighted by Crippen LogP contribution is -2.51. The second-order valence-corrected chi connectivity index (χ2v) is 7.61. The largest absolute Gasteiger partial charge is 0.395 e. The molecule has 0 aliphatic carbocycles. The van der Waals surface area contributed by atoms with E-state index >= 15 is 0 Å². The van der Waals surface area contributed by atoms with E-state index < -0.39 is 5.60 Å². The fourth-order valence-corrected chi connectivity index (χ4v) is 4.16. The summed E-state index contributed by atoms with van der Waals surface area (Å²) in [4.78, 5) is 21.1. The van der Waals surface area contributed by atoms with Crippen molar-refractivity contribution in [3.63, 3.8) is 0 Å². The number of amides is 1. The summed E-state index contributed by atoms with van der Waals surface area (Å²) in [5.41, 5.74) is -0.722. The summed E-state index contributed by atoms with van der Waals surface area (Å²) in [6.45, 7) is 8.95. The van der Waals surface area contributed by atoms with E-state index in [-0.39, 0.29) is 12.5 Å². The maximum Gasteiger partial charge on any atom is 0.236 e. The molecule has 3 aliphatic rings. The molecule has 2 N–H and O–H groups in total. The Labute approximate surface area is 144 Å². The quantitative estimate of drug-likeness (QED) is 0.623. The lowest BCUT2D eigenvalue weighted by molar-refractivity contribution is -0.133. The molecule has 3 fully saturated rings. The highest BCUT2D eigenvalue weighted by Gasteiger charge is 2.40. The van der Waals surface area contributed by atoms with Gasteiger partial charge < -0.3 is 20.0 Å². The van der Waals surface area contributed by atoms with E-state index in [1.54, 1.807) is 0 Å². The molecule has 138 valence electrons. The van der Waals surface area contributed by atoms with Crippen molar-refractivity contribution in [3.05, 3.63) is 0 Å². The molecule has 7 heteroatoms.